The van der Waals surface area contributed by atoms with Crippen molar-refractivity contribution in [1.82, 2.24) is 14.5 Å². The number of nitrogens with zero attached hydrogens (tertiary/aromatic N) is 3. The Morgan fingerprint density at radius 2 is 1.96 bits per heavy atom. The maximum atomic E-state index is 12.7. The lowest BCUT2D eigenvalue weighted by molar-refractivity contribution is 0.0801. The normalized spacial score (nSPS) is 14.3. The van der Waals surface area contributed by atoms with Crippen LogP contribution in [0.3, 0.4) is 0 Å². The number of carbonyl (C=O) groups is 1. The lowest BCUT2D eigenvalue weighted by Gasteiger charge is -2.16. The van der Waals surface area contributed by atoms with Crippen LogP contribution in [0.2, 0.25) is 0 Å². The summed E-state index contributed by atoms with van der Waals surface area (Å²) in [6.45, 7) is 1.31. The zero-order valence-corrected chi connectivity index (χ0v) is 12.9. The molecule has 23 heavy (non-hydrogen) atoms. The standard InChI is InChI=1S/C19H17N3O/c1-21-13-20-17-11-15(7-8-18(17)21)19(23)22-10-9-16(12-22)14-5-3-2-4-6-14/h2-9,11,13H,10,12H2,1H3. The summed E-state index contributed by atoms with van der Waals surface area (Å²) in [7, 11) is 1.95. The van der Waals surface area contributed by atoms with Gasteiger partial charge in [-0.05, 0) is 29.3 Å². The molecule has 0 unspecified atom stereocenters. The molecule has 114 valence electrons. The first-order valence-corrected chi connectivity index (χ1v) is 7.67. The second-order valence-electron chi connectivity index (χ2n) is 5.84. The average Bonchev–Trinajstić information content (AvgIpc) is 3.22. The summed E-state index contributed by atoms with van der Waals surface area (Å²) < 4.78 is 1.95. The topological polar surface area (TPSA) is 38.1 Å². The maximum Gasteiger partial charge on any atom is 0.254 e. The molecule has 0 spiro atoms. The molecule has 0 radical (unpaired) electrons. The SMILES string of the molecule is Cn1cnc2cc(C(=O)N3CC=C(c4ccccc4)C3)ccc21. The fraction of sp³-hybridized carbons (Fsp3) is 0.158. The van der Waals surface area contributed by atoms with Gasteiger partial charge in [0.15, 0.2) is 0 Å². The third kappa shape index (κ3) is 2.42. The van der Waals surface area contributed by atoms with E-state index < -0.39 is 0 Å². The van der Waals surface area contributed by atoms with E-state index >= 15 is 0 Å². The van der Waals surface area contributed by atoms with Gasteiger partial charge in [-0.25, -0.2) is 4.98 Å². The number of aryl methyl sites for hydroxylation is 1. The Kier molecular flexibility index (Phi) is 3.23. The molecule has 1 aliphatic heterocycles. The van der Waals surface area contributed by atoms with Crippen LogP contribution in [0.15, 0.2) is 60.9 Å². The highest BCUT2D eigenvalue weighted by Crippen LogP contribution is 2.23. The fourth-order valence-corrected chi connectivity index (χ4v) is 3.02. The van der Waals surface area contributed by atoms with Gasteiger partial charge < -0.3 is 9.47 Å². The quantitative estimate of drug-likeness (QED) is 0.729. The van der Waals surface area contributed by atoms with Crippen molar-refractivity contribution in [2.75, 3.05) is 13.1 Å². The van der Waals surface area contributed by atoms with Crippen molar-refractivity contribution < 1.29 is 4.79 Å². The predicted octanol–water partition coefficient (Wildman–Crippen LogP) is 3.11. The van der Waals surface area contributed by atoms with Crippen molar-refractivity contribution in [3.05, 3.63) is 72.1 Å². The van der Waals surface area contributed by atoms with E-state index in [1.165, 1.54) is 11.1 Å². The number of fused-ring (bicyclic) bond motifs is 1. The molecular formula is C19H17N3O. The van der Waals surface area contributed by atoms with Gasteiger partial charge >= 0.3 is 0 Å². The molecule has 1 aromatic heterocycles. The summed E-state index contributed by atoms with van der Waals surface area (Å²) >= 11 is 0. The molecule has 3 aromatic rings. The predicted molar refractivity (Wildman–Crippen MR) is 91.0 cm³/mol. The summed E-state index contributed by atoms with van der Waals surface area (Å²) in [6, 6.07) is 15.9. The monoisotopic (exact) mass is 303 g/mol. The summed E-state index contributed by atoms with van der Waals surface area (Å²) in [5.74, 6) is 0.0553. The molecule has 0 aliphatic carbocycles. The van der Waals surface area contributed by atoms with E-state index in [4.69, 9.17) is 0 Å². The number of rotatable bonds is 2. The minimum Gasteiger partial charge on any atom is -0.334 e. The van der Waals surface area contributed by atoms with Crippen LogP contribution in [-0.4, -0.2) is 33.4 Å². The van der Waals surface area contributed by atoms with Crippen LogP contribution < -0.4 is 0 Å². The first-order chi connectivity index (χ1) is 11.2. The molecule has 0 saturated heterocycles. The molecular weight excluding hydrogens is 286 g/mol. The van der Waals surface area contributed by atoms with Gasteiger partial charge in [0.25, 0.3) is 5.91 Å². The number of aromatic nitrogens is 2. The number of carbonyl (C=O) groups excluding carboxylic acids is 1. The van der Waals surface area contributed by atoms with Crippen molar-refractivity contribution in [3.8, 4) is 0 Å². The minimum atomic E-state index is 0.0553. The first-order valence-electron chi connectivity index (χ1n) is 7.67. The van der Waals surface area contributed by atoms with Gasteiger partial charge in [0.05, 0.1) is 17.4 Å². The van der Waals surface area contributed by atoms with Gasteiger partial charge in [-0.3, -0.25) is 4.79 Å². The molecule has 4 nitrogen and oxygen atoms in total. The molecule has 2 heterocycles. The van der Waals surface area contributed by atoms with E-state index in [-0.39, 0.29) is 5.91 Å². The van der Waals surface area contributed by atoms with Crippen molar-refractivity contribution in [2.24, 2.45) is 7.05 Å². The lowest BCUT2D eigenvalue weighted by atomic mass is 10.1. The molecule has 2 aromatic carbocycles. The molecule has 0 atom stereocenters. The Balaban J connectivity index is 1.55. The first kappa shape index (κ1) is 13.8. The van der Waals surface area contributed by atoms with Crippen molar-refractivity contribution >= 4 is 22.5 Å². The van der Waals surface area contributed by atoms with Crippen molar-refractivity contribution in [1.29, 1.82) is 0 Å². The molecule has 0 N–H and O–H groups in total. The zero-order valence-electron chi connectivity index (χ0n) is 12.9. The van der Waals surface area contributed by atoms with Crippen LogP contribution in [0.5, 0.6) is 0 Å². The maximum absolute atomic E-state index is 12.7. The Hall–Kier alpha value is -2.88. The van der Waals surface area contributed by atoms with Gasteiger partial charge in [0.1, 0.15) is 0 Å². The highest BCUT2D eigenvalue weighted by atomic mass is 16.2. The molecule has 0 bridgehead atoms. The molecule has 1 aliphatic rings. The summed E-state index contributed by atoms with van der Waals surface area (Å²) in [5, 5.41) is 0. The molecule has 0 saturated carbocycles. The third-order valence-electron chi connectivity index (χ3n) is 4.32. The summed E-state index contributed by atoms with van der Waals surface area (Å²) in [6.07, 6.45) is 3.90. The van der Waals surface area contributed by atoms with Gasteiger partial charge in [0, 0.05) is 25.7 Å². The lowest BCUT2D eigenvalue weighted by Crippen LogP contribution is -2.28. The highest BCUT2D eigenvalue weighted by molar-refractivity contribution is 5.98. The van der Waals surface area contributed by atoms with E-state index in [1.807, 2.05) is 52.9 Å². The van der Waals surface area contributed by atoms with Crippen molar-refractivity contribution in [2.45, 2.75) is 0 Å². The van der Waals surface area contributed by atoms with Crippen LogP contribution in [0.1, 0.15) is 15.9 Å². The Labute approximate surface area is 134 Å². The van der Waals surface area contributed by atoms with Crippen LogP contribution in [0.4, 0.5) is 0 Å². The fourth-order valence-electron chi connectivity index (χ4n) is 3.02. The van der Waals surface area contributed by atoms with E-state index in [9.17, 15) is 4.79 Å². The summed E-state index contributed by atoms with van der Waals surface area (Å²) in [5.41, 5.74) is 4.97. The van der Waals surface area contributed by atoms with Gasteiger partial charge in [0.2, 0.25) is 0 Å². The van der Waals surface area contributed by atoms with E-state index in [1.54, 1.807) is 6.33 Å². The number of benzene rings is 2. The van der Waals surface area contributed by atoms with E-state index in [0.717, 1.165) is 11.0 Å². The van der Waals surface area contributed by atoms with E-state index in [2.05, 4.69) is 23.2 Å². The summed E-state index contributed by atoms with van der Waals surface area (Å²) in [4.78, 5) is 18.9. The molecule has 1 amide bonds. The Morgan fingerprint density at radius 3 is 2.78 bits per heavy atom. The van der Waals surface area contributed by atoms with Crippen LogP contribution in [0, 0.1) is 0 Å². The number of hydrogen-bond acceptors (Lipinski definition) is 2. The van der Waals surface area contributed by atoms with E-state index in [0.29, 0.717) is 18.7 Å². The second kappa shape index (κ2) is 5.39. The van der Waals surface area contributed by atoms with Crippen molar-refractivity contribution in [3.63, 3.8) is 0 Å². The number of amides is 1. The molecule has 4 heteroatoms. The third-order valence-corrected chi connectivity index (χ3v) is 4.32. The number of imidazole rings is 1. The smallest absolute Gasteiger partial charge is 0.254 e. The molecule has 0 fully saturated rings. The Morgan fingerprint density at radius 1 is 1.13 bits per heavy atom. The Bertz CT molecular complexity index is 909. The second-order valence-corrected chi connectivity index (χ2v) is 5.84. The van der Waals surface area contributed by atoms with Crippen LogP contribution >= 0.6 is 0 Å². The minimum absolute atomic E-state index is 0.0553. The number of hydrogen-bond donors (Lipinski definition) is 0. The van der Waals surface area contributed by atoms with Crippen LogP contribution in [-0.2, 0) is 7.05 Å². The molecule has 4 rings (SSSR count). The average molecular weight is 303 g/mol. The van der Waals surface area contributed by atoms with Crippen LogP contribution in [0.25, 0.3) is 16.6 Å². The van der Waals surface area contributed by atoms with Gasteiger partial charge in [-0.2, -0.15) is 0 Å². The highest BCUT2D eigenvalue weighted by Gasteiger charge is 2.22. The van der Waals surface area contributed by atoms with Gasteiger partial charge in [-0.1, -0.05) is 36.4 Å². The zero-order chi connectivity index (χ0) is 15.8. The van der Waals surface area contributed by atoms with Gasteiger partial charge in [-0.15, -0.1) is 0 Å². The largest absolute Gasteiger partial charge is 0.334 e.